The molecule has 72 heavy (non-hydrogen) atoms. The first-order chi connectivity index (χ1) is 35.0. The molecule has 0 radical (unpaired) electrons. The molecule has 4 aromatic rings. The highest BCUT2D eigenvalue weighted by Crippen LogP contribution is 2.32. The third-order valence-electron chi connectivity index (χ3n) is 10.8. The first-order valence-electron chi connectivity index (χ1n) is 22.8. The van der Waals surface area contributed by atoms with Gasteiger partial charge in [-0.15, -0.1) is 0 Å². The highest BCUT2D eigenvalue weighted by atomic mass is 16.7. The normalized spacial score (nSPS) is 17.1. The summed E-state index contributed by atoms with van der Waals surface area (Å²) in [7, 11) is 0. The van der Waals surface area contributed by atoms with E-state index in [-0.39, 0.29) is 55.6 Å². The molecule has 0 aromatic heterocycles. The van der Waals surface area contributed by atoms with Crippen molar-refractivity contribution in [1.82, 2.24) is 0 Å². The number of rotatable bonds is 25. The number of esters is 6. The molecule has 2 aliphatic rings. The third kappa shape index (κ3) is 15.7. The lowest BCUT2D eigenvalue weighted by molar-refractivity contribution is -0.157. The van der Waals surface area contributed by atoms with Crippen LogP contribution in [0.2, 0.25) is 0 Å². The van der Waals surface area contributed by atoms with Crippen LogP contribution in [0, 0.1) is 23.8 Å². The van der Waals surface area contributed by atoms with Gasteiger partial charge in [-0.05, 0) is 122 Å². The van der Waals surface area contributed by atoms with Gasteiger partial charge in [0.15, 0.2) is 12.2 Å². The summed E-state index contributed by atoms with van der Waals surface area (Å²) in [4.78, 5) is 77.5. The van der Waals surface area contributed by atoms with E-state index in [1.54, 1.807) is 84.9 Å². The van der Waals surface area contributed by atoms with Crippen molar-refractivity contribution in [2.24, 2.45) is 5.92 Å². The Hall–Kier alpha value is -8.58. The summed E-state index contributed by atoms with van der Waals surface area (Å²) in [6.07, 6.45) is 2.68. The van der Waals surface area contributed by atoms with E-state index in [1.807, 2.05) is 6.07 Å². The summed E-state index contributed by atoms with van der Waals surface area (Å²) < 4.78 is 55.1. The lowest BCUT2D eigenvalue weighted by Gasteiger charge is -2.18. The van der Waals surface area contributed by atoms with Gasteiger partial charge in [0.05, 0.1) is 63.4 Å². The smallest absolute Gasteiger partial charge is 0.343 e. The minimum atomic E-state index is -1.19. The maximum absolute atomic E-state index is 13.2. The van der Waals surface area contributed by atoms with Crippen LogP contribution in [0.15, 0.2) is 128 Å². The largest absolute Gasteiger partial charge is 0.494 e. The fourth-order valence-corrected chi connectivity index (χ4v) is 7.06. The molecular weight excluding hydrogens is 933 g/mol. The zero-order valence-electron chi connectivity index (χ0n) is 39.0. The number of benzene rings is 4. The maximum atomic E-state index is 13.2. The number of hydrogen-bond donors (Lipinski definition) is 0. The molecule has 2 aliphatic heterocycles. The molecule has 4 aromatic carbocycles. The van der Waals surface area contributed by atoms with E-state index in [9.17, 15) is 34.0 Å². The van der Waals surface area contributed by atoms with Gasteiger partial charge in [0.1, 0.15) is 41.1 Å². The number of unbranched alkanes of at least 4 members (excludes halogenated alkanes) is 2. The molecule has 18 heteroatoms. The van der Waals surface area contributed by atoms with Gasteiger partial charge in [-0.25, -0.2) is 24.0 Å². The second-order valence-corrected chi connectivity index (χ2v) is 15.9. The summed E-state index contributed by atoms with van der Waals surface area (Å²) in [6, 6.07) is 27.3. The Bertz CT molecular complexity index is 2670. The Morgan fingerprint density at radius 3 is 1.54 bits per heavy atom. The summed E-state index contributed by atoms with van der Waals surface area (Å²) in [5, 5.41) is 9.89. The second-order valence-electron chi connectivity index (χ2n) is 15.9. The van der Waals surface area contributed by atoms with Crippen LogP contribution in [0.5, 0.6) is 23.0 Å². The lowest BCUT2D eigenvalue weighted by atomic mass is 10.0. The average Bonchev–Trinajstić information content (AvgIpc) is 4.00. The highest BCUT2D eigenvalue weighted by molar-refractivity contribution is 5.96. The van der Waals surface area contributed by atoms with Gasteiger partial charge in [0, 0.05) is 12.2 Å². The molecule has 0 saturated carbocycles. The number of carbonyl (C=O) groups is 6. The average molecular weight is 983 g/mol. The summed E-state index contributed by atoms with van der Waals surface area (Å²) in [5.41, 5.74) is 1.30. The number of ether oxygens (including phenoxy) is 10. The zero-order valence-corrected chi connectivity index (χ0v) is 39.0. The van der Waals surface area contributed by atoms with Crippen molar-refractivity contribution in [3.05, 3.63) is 162 Å². The minimum absolute atomic E-state index is 0.000872. The molecule has 5 atom stereocenters. The maximum Gasteiger partial charge on any atom is 0.343 e. The van der Waals surface area contributed by atoms with Crippen molar-refractivity contribution in [1.29, 1.82) is 5.26 Å². The standard InChI is InChI=1S/C54H50N2O16/c1-4-47(57)65-28-8-6-26-63-40-22-14-37(15-23-40)51(59)69-42-18-10-35(11-19-42)30-39(32-55)53(61)71-45-33-67-50-46(34-68-49(45)50)72-54(62)44(56-3)31-36-12-20-43(21-13-36)70-52(60)38-16-24-41(25-17-38)64-27-7-9-29-66-48(58)5-2/h4-5,10-25,31,39,45-46,49-50H,1-2,6-9,26-30,33-34H2/b44-31-/t39?,45-,46+,49?,50?/m1/s1. The predicted octanol–water partition coefficient (Wildman–Crippen LogP) is 7.17. The Balaban J connectivity index is 0.905. The third-order valence-corrected chi connectivity index (χ3v) is 10.8. The molecule has 2 saturated heterocycles. The molecule has 0 bridgehead atoms. The molecule has 18 nitrogen and oxygen atoms in total. The van der Waals surface area contributed by atoms with Gasteiger partial charge in [-0.1, -0.05) is 37.4 Å². The quantitative estimate of drug-likeness (QED) is 0.0160. The molecule has 0 amide bonds. The van der Waals surface area contributed by atoms with E-state index in [0.29, 0.717) is 67.1 Å². The minimum Gasteiger partial charge on any atom is -0.494 e. The van der Waals surface area contributed by atoms with Crippen LogP contribution in [0.25, 0.3) is 10.9 Å². The number of hydrogen-bond acceptors (Lipinski definition) is 17. The van der Waals surface area contributed by atoms with Crippen molar-refractivity contribution in [2.45, 2.75) is 56.5 Å². The van der Waals surface area contributed by atoms with Crippen molar-refractivity contribution in [3.63, 3.8) is 0 Å². The van der Waals surface area contributed by atoms with Crippen molar-refractivity contribution in [2.75, 3.05) is 39.6 Å². The highest BCUT2D eigenvalue weighted by Gasteiger charge is 2.51. The number of nitrogens with zero attached hydrogens (tertiary/aromatic N) is 2. The number of nitriles is 1. The molecule has 2 fully saturated rings. The van der Waals surface area contributed by atoms with Crippen LogP contribution in [0.4, 0.5) is 0 Å². The summed E-state index contributed by atoms with van der Waals surface area (Å²) >= 11 is 0. The van der Waals surface area contributed by atoms with Gasteiger partial charge >= 0.3 is 35.8 Å². The number of carbonyl (C=O) groups excluding carboxylic acids is 6. The monoisotopic (exact) mass is 982 g/mol. The topological polar surface area (TPSA) is 223 Å². The second kappa shape index (κ2) is 27.0. The van der Waals surface area contributed by atoms with E-state index in [4.69, 9.17) is 53.9 Å². The lowest BCUT2D eigenvalue weighted by Crippen LogP contribution is -2.37. The van der Waals surface area contributed by atoms with Gasteiger partial charge in [0.2, 0.25) is 0 Å². The van der Waals surface area contributed by atoms with E-state index in [2.05, 4.69) is 18.0 Å². The Morgan fingerprint density at radius 1 is 0.639 bits per heavy atom. The molecule has 2 heterocycles. The van der Waals surface area contributed by atoms with Crippen LogP contribution in [0.3, 0.4) is 0 Å². The Labute approximate surface area is 415 Å². The van der Waals surface area contributed by atoms with Crippen LogP contribution in [-0.2, 0) is 54.0 Å². The first kappa shape index (κ1) is 52.8. The van der Waals surface area contributed by atoms with Gasteiger partial charge < -0.3 is 47.4 Å². The van der Waals surface area contributed by atoms with Crippen molar-refractivity contribution < 1.29 is 76.1 Å². The van der Waals surface area contributed by atoms with Gasteiger partial charge in [-0.2, -0.15) is 5.26 Å². The van der Waals surface area contributed by atoms with Crippen LogP contribution in [0.1, 0.15) is 57.5 Å². The summed E-state index contributed by atoms with van der Waals surface area (Å²) in [5.74, 6) is -3.50. The molecule has 0 spiro atoms. The van der Waals surface area contributed by atoms with Gasteiger partial charge in [-0.3, -0.25) is 9.59 Å². The molecule has 6 rings (SSSR count). The van der Waals surface area contributed by atoms with Crippen LogP contribution < -0.4 is 18.9 Å². The van der Waals surface area contributed by atoms with Crippen LogP contribution >= 0.6 is 0 Å². The van der Waals surface area contributed by atoms with Crippen molar-refractivity contribution in [3.8, 4) is 29.1 Å². The first-order valence-corrected chi connectivity index (χ1v) is 22.8. The zero-order chi connectivity index (χ0) is 51.2. The summed E-state index contributed by atoms with van der Waals surface area (Å²) in [6.45, 7) is 15.5. The predicted molar refractivity (Wildman–Crippen MR) is 254 cm³/mol. The molecule has 3 unspecified atom stereocenters. The Kier molecular flexibility index (Phi) is 19.8. The molecule has 0 N–H and O–H groups in total. The van der Waals surface area contributed by atoms with Gasteiger partial charge in [0.25, 0.3) is 5.70 Å². The van der Waals surface area contributed by atoms with Crippen LogP contribution in [-0.4, -0.2) is 99.9 Å². The van der Waals surface area contributed by atoms with E-state index < -0.39 is 66.1 Å². The fraction of sp³-hybridized carbons (Fsp3) is 0.296. The Morgan fingerprint density at radius 2 is 1.08 bits per heavy atom. The van der Waals surface area contributed by atoms with E-state index in [1.165, 1.54) is 18.2 Å². The molecule has 372 valence electrons. The molecule has 0 aliphatic carbocycles. The van der Waals surface area contributed by atoms with Crippen molar-refractivity contribution >= 4 is 41.9 Å². The number of fused-ring (bicyclic) bond motifs is 1. The van der Waals surface area contributed by atoms with E-state index in [0.717, 1.165) is 12.2 Å². The molecular formula is C54H50N2O16. The fourth-order valence-electron chi connectivity index (χ4n) is 7.06. The SMILES string of the molecule is [C-]#[N+]/C(=C\c1ccc(OC(=O)c2ccc(OCCCCOC(=O)C=C)cc2)cc1)C(=O)O[C@H]1COC2C1OC[C@H]2OC(=O)C(C#N)Cc1ccc(OC(=O)c2ccc(OCCCCOC(=O)C=C)cc2)cc1. The van der Waals surface area contributed by atoms with E-state index >= 15 is 0 Å².